The van der Waals surface area contributed by atoms with Crippen molar-refractivity contribution in [1.82, 2.24) is 0 Å². The molecule has 1 heterocycles. The molecular weight excluding hydrogens is 481 g/mol. The van der Waals surface area contributed by atoms with E-state index in [4.69, 9.17) is 4.74 Å². The van der Waals surface area contributed by atoms with Gasteiger partial charge in [-0.15, -0.1) is 0 Å². The number of hydrogen-bond acceptors (Lipinski definition) is 1. The van der Waals surface area contributed by atoms with Crippen molar-refractivity contribution in [2.45, 2.75) is 96.5 Å². The van der Waals surface area contributed by atoms with Crippen LogP contribution in [0.1, 0.15) is 95.1 Å². The third-order valence-corrected chi connectivity index (χ3v) is 7.93. The van der Waals surface area contributed by atoms with Crippen LogP contribution in [0.4, 0.5) is 13.2 Å². The maximum atomic E-state index is 15.2. The molecule has 1 saturated heterocycles. The number of hydrogen-bond donors (Lipinski definition) is 0. The van der Waals surface area contributed by atoms with Crippen LogP contribution >= 0.6 is 0 Å². The van der Waals surface area contributed by atoms with E-state index in [1.807, 2.05) is 12.1 Å². The van der Waals surface area contributed by atoms with Gasteiger partial charge in [-0.25, -0.2) is 13.2 Å². The lowest BCUT2D eigenvalue weighted by molar-refractivity contribution is -0.00211. The van der Waals surface area contributed by atoms with E-state index in [1.165, 1.54) is 19.3 Å². The zero-order chi connectivity index (χ0) is 26.9. The third kappa shape index (κ3) is 7.08. The number of aryl methyl sites for hydroxylation is 1. The molecule has 38 heavy (non-hydrogen) atoms. The molecular formula is C34H41F3O. The molecule has 0 radical (unpaired) electrons. The summed E-state index contributed by atoms with van der Waals surface area (Å²) >= 11 is 0. The second-order valence-electron chi connectivity index (χ2n) is 10.8. The molecule has 0 spiro atoms. The normalized spacial score (nSPS) is 17.6. The predicted octanol–water partition coefficient (Wildman–Crippen LogP) is 10.4. The van der Waals surface area contributed by atoms with Crippen molar-refractivity contribution in [2.75, 3.05) is 6.61 Å². The third-order valence-electron chi connectivity index (χ3n) is 7.93. The Bertz CT molecular complexity index is 1160. The van der Waals surface area contributed by atoms with Crippen LogP contribution in [0.15, 0.2) is 54.6 Å². The van der Waals surface area contributed by atoms with Gasteiger partial charge in [-0.3, -0.25) is 0 Å². The van der Waals surface area contributed by atoms with Gasteiger partial charge in [0.05, 0.1) is 12.7 Å². The standard InChI is InChI=1S/C34H41F3O/c1-3-5-7-9-10-26-17-21-31(34(37)33(26)36)25-14-12-24(13-15-25)30-20-18-27(22-32(30)35)28-16-19-29(38-23-28)11-8-6-4-2/h12-15,17-18,20-22,28-29H,3-11,16,19,23H2,1-2H3. The number of benzene rings is 3. The largest absolute Gasteiger partial charge is 0.378 e. The summed E-state index contributed by atoms with van der Waals surface area (Å²) < 4.78 is 50.8. The van der Waals surface area contributed by atoms with Gasteiger partial charge in [0, 0.05) is 17.0 Å². The van der Waals surface area contributed by atoms with E-state index in [0.717, 1.165) is 50.5 Å². The Balaban J connectivity index is 1.41. The van der Waals surface area contributed by atoms with Crippen molar-refractivity contribution in [3.63, 3.8) is 0 Å². The topological polar surface area (TPSA) is 9.23 Å². The molecule has 0 amide bonds. The van der Waals surface area contributed by atoms with Crippen LogP contribution in [-0.2, 0) is 11.2 Å². The Morgan fingerprint density at radius 1 is 0.711 bits per heavy atom. The molecule has 204 valence electrons. The molecule has 4 heteroatoms. The minimum absolute atomic E-state index is 0.218. The van der Waals surface area contributed by atoms with Gasteiger partial charge in [0.15, 0.2) is 11.6 Å². The van der Waals surface area contributed by atoms with Crippen molar-refractivity contribution in [3.05, 3.63) is 83.2 Å². The van der Waals surface area contributed by atoms with Crippen LogP contribution in [0.25, 0.3) is 22.3 Å². The van der Waals surface area contributed by atoms with Crippen molar-refractivity contribution < 1.29 is 17.9 Å². The molecule has 0 aromatic heterocycles. The fourth-order valence-corrected chi connectivity index (χ4v) is 5.52. The van der Waals surface area contributed by atoms with Crippen molar-refractivity contribution in [1.29, 1.82) is 0 Å². The number of unbranched alkanes of at least 4 members (excludes halogenated alkanes) is 5. The van der Waals surface area contributed by atoms with Crippen LogP contribution in [0, 0.1) is 17.5 Å². The molecule has 2 unspecified atom stereocenters. The average Bonchev–Trinajstić information content (AvgIpc) is 2.94. The van der Waals surface area contributed by atoms with Gasteiger partial charge in [0.1, 0.15) is 5.82 Å². The van der Waals surface area contributed by atoms with E-state index in [-0.39, 0.29) is 17.3 Å². The van der Waals surface area contributed by atoms with Gasteiger partial charge < -0.3 is 4.74 Å². The predicted molar refractivity (Wildman–Crippen MR) is 151 cm³/mol. The molecule has 1 aliphatic rings. The summed E-state index contributed by atoms with van der Waals surface area (Å²) in [5, 5.41) is 0. The number of halogens is 3. The van der Waals surface area contributed by atoms with Crippen molar-refractivity contribution in [2.24, 2.45) is 0 Å². The van der Waals surface area contributed by atoms with Gasteiger partial charge in [-0.2, -0.15) is 0 Å². The molecule has 0 saturated carbocycles. The fraction of sp³-hybridized carbons (Fsp3) is 0.471. The molecule has 0 aliphatic carbocycles. The Kier molecular flexibility index (Phi) is 10.5. The first-order chi connectivity index (χ1) is 18.5. The number of rotatable bonds is 12. The second kappa shape index (κ2) is 14.0. The zero-order valence-electron chi connectivity index (χ0n) is 22.9. The molecule has 1 nitrogen and oxygen atoms in total. The van der Waals surface area contributed by atoms with E-state index in [1.54, 1.807) is 42.5 Å². The SMILES string of the molecule is CCCCCCc1ccc(-c2ccc(-c3ccc(C4CCC(CCCCC)OC4)cc3F)cc2)c(F)c1F. The Hall–Kier alpha value is -2.59. The smallest absolute Gasteiger partial charge is 0.166 e. The van der Waals surface area contributed by atoms with Crippen LogP contribution in [0.2, 0.25) is 0 Å². The van der Waals surface area contributed by atoms with Crippen LogP contribution in [0.5, 0.6) is 0 Å². The summed E-state index contributed by atoms with van der Waals surface area (Å²) in [5.41, 5.74) is 3.42. The molecule has 4 rings (SSSR count). The van der Waals surface area contributed by atoms with E-state index in [9.17, 15) is 8.78 Å². The Morgan fingerprint density at radius 3 is 2.05 bits per heavy atom. The first-order valence-corrected chi connectivity index (χ1v) is 14.5. The van der Waals surface area contributed by atoms with E-state index < -0.39 is 11.6 Å². The summed E-state index contributed by atoms with van der Waals surface area (Å²) in [4.78, 5) is 0. The average molecular weight is 523 g/mol. The molecule has 3 aromatic rings. The lowest BCUT2D eigenvalue weighted by atomic mass is 9.89. The second-order valence-corrected chi connectivity index (χ2v) is 10.8. The summed E-state index contributed by atoms with van der Waals surface area (Å²) in [7, 11) is 0. The first kappa shape index (κ1) is 28.4. The molecule has 3 aromatic carbocycles. The molecule has 2 atom stereocenters. The molecule has 1 fully saturated rings. The fourth-order valence-electron chi connectivity index (χ4n) is 5.52. The Labute approximate surface area is 226 Å². The highest BCUT2D eigenvalue weighted by atomic mass is 19.2. The summed E-state index contributed by atoms with van der Waals surface area (Å²) in [5.74, 6) is -1.63. The lowest BCUT2D eigenvalue weighted by Gasteiger charge is -2.29. The summed E-state index contributed by atoms with van der Waals surface area (Å²) in [6.07, 6.45) is 11.8. The van der Waals surface area contributed by atoms with Crippen LogP contribution < -0.4 is 0 Å². The van der Waals surface area contributed by atoms with Gasteiger partial charge in [0.2, 0.25) is 0 Å². The van der Waals surface area contributed by atoms with Crippen molar-refractivity contribution in [3.8, 4) is 22.3 Å². The highest BCUT2D eigenvalue weighted by Gasteiger charge is 2.23. The maximum Gasteiger partial charge on any atom is 0.166 e. The molecule has 0 N–H and O–H groups in total. The van der Waals surface area contributed by atoms with Crippen LogP contribution in [-0.4, -0.2) is 12.7 Å². The minimum Gasteiger partial charge on any atom is -0.378 e. The molecule has 1 aliphatic heterocycles. The van der Waals surface area contributed by atoms with Crippen molar-refractivity contribution >= 4 is 0 Å². The van der Waals surface area contributed by atoms with Gasteiger partial charge in [0.25, 0.3) is 0 Å². The lowest BCUT2D eigenvalue weighted by Crippen LogP contribution is -2.24. The van der Waals surface area contributed by atoms with E-state index in [2.05, 4.69) is 13.8 Å². The quantitative estimate of drug-likeness (QED) is 0.215. The van der Waals surface area contributed by atoms with Gasteiger partial charge in [-0.05, 0) is 60.4 Å². The Morgan fingerprint density at radius 2 is 1.39 bits per heavy atom. The first-order valence-electron chi connectivity index (χ1n) is 14.5. The van der Waals surface area contributed by atoms with Crippen LogP contribution in [0.3, 0.4) is 0 Å². The summed E-state index contributed by atoms with van der Waals surface area (Å²) in [6, 6.07) is 15.8. The number of ether oxygens (including phenoxy) is 1. The van der Waals surface area contributed by atoms with Gasteiger partial charge >= 0.3 is 0 Å². The van der Waals surface area contributed by atoms with E-state index >= 15 is 4.39 Å². The highest BCUT2D eigenvalue weighted by molar-refractivity contribution is 5.71. The maximum absolute atomic E-state index is 15.2. The van der Waals surface area contributed by atoms with E-state index in [0.29, 0.717) is 41.4 Å². The zero-order valence-corrected chi connectivity index (χ0v) is 22.9. The highest BCUT2D eigenvalue weighted by Crippen LogP contribution is 2.34. The molecule has 0 bridgehead atoms. The summed E-state index contributed by atoms with van der Waals surface area (Å²) in [6.45, 7) is 4.98. The van der Waals surface area contributed by atoms with Gasteiger partial charge in [-0.1, -0.05) is 101 Å². The minimum atomic E-state index is -0.816. The monoisotopic (exact) mass is 522 g/mol.